The maximum Gasteiger partial charge on any atom is 0.238 e. The van der Waals surface area contributed by atoms with Crippen LogP contribution in [0.15, 0.2) is 23.1 Å². The second-order valence-corrected chi connectivity index (χ2v) is 6.65. The summed E-state index contributed by atoms with van der Waals surface area (Å²) in [6.07, 6.45) is 1.22. The van der Waals surface area contributed by atoms with Crippen molar-refractivity contribution in [2.75, 3.05) is 11.9 Å². The Morgan fingerprint density at radius 2 is 1.86 bits per heavy atom. The number of hydrogen-bond donors (Lipinski definition) is 3. The van der Waals surface area contributed by atoms with Gasteiger partial charge in [-0.25, -0.2) is 13.6 Å². The second-order valence-electron chi connectivity index (χ2n) is 5.12. The van der Waals surface area contributed by atoms with Gasteiger partial charge >= 0.3 is 0 Å². The quantitative estimate of drug-likeness (QED) is 0.735. The standard InChI is InChI=1S/C14H23N3O3S/c1-4-14(5-2,9-15)13(18)17-11-7-6-8-12(10(11)3)21(16,19)20/h6-8H,4-5,9,15H2,1-3H3,(H,17,18)(H2,16,19,20). The number of hydrogen-bond acceptors (Lipinski definition) is 4. The molecule has 0 bridgehead atoms. The summed E-state index contributed by atoms with van der Waals surface area (Å²) in [4.78, 5) is 12.5. The van der Waals surface area contributed by atoms with E-state index < -0.39 is 15.4 Å². The average molecular weight is 313 g/mol. The van der Waals surface area contributed by atoms with Crippen molar-refractivity contribution in [3.63, 3.8) is 0 Å². The highest BCUT2D eigenvalue weighted by atomic mass is 32.2. The summed E-state index contributed by atoms with van der Waals surface area (Å²) in [5.74, 6) is -0.204. The van der Waals surface area contributed by atoms with Crippen LogP contribution in [0.25, 0.3) is 0 Å². The first-order valence-electron chi connectivity index (χ1n) is 6.85. The fourth-order valence-electron chi connectivity index (χ4n) is 2.27. The van der Waals surface area contributed by atoms with Gasteiger partial charge < -0.3 is 11.1 Å². The zero-order valence-corrected chi connectivity index (χ0v) is 13.5. The lowest BCUT2D eigenvalue weighted by Gasteiger charge is -2.29. The van der Waals surface area contributed by atoms with Gasteiger partial charge in [-0.3, -0.25) is 4.79 Å². The van der Waals surface area contributed by atoms with E-state index in [2.05, 4.69) is 5.32 Å². The van der Waals surface area contributed by atoms with Gasteiger partial charge in [-0.2, -0.15) is 0 Å². The lowest BCUT2D eigenvalue weighted by atomic mass is 9.81. The number of primary sulfonamides is 1. The molecule has 1 aromatic carbocycles. The van der Waals surface area contributed by atoms with Crippen LogP contribution in [0.5, 0.6) is 0 Å². The molecule has 0 aliphatic heterocycles. The molecular formula is C14H23N3O3S. The van der Waals surface area contributed by atoms with E-state index in [0.29, 0.717) is 24.1 Å². The number of sulfonamides is 1. The molecule has 0 aromatic heterocycles. The average Bonchev–Trinajstić information content (AvgIpc) is 2.42. The smallest absolute Gasteiger partial charge is 0.238 e. The van der Waals surface area contributed by atoms with Gasteiger partial charge in [0.2, 0.25) is 15.9 Å². The van der Waals surface area contributed by atoms with Gasteiger partial charge in [0.15, 0.2) is 0 Å². The maximum atomic E-state index is 12.5. The number of carbonyl (C=O) groups is 1. The van der Waals surface area contributed by atoms with E-state index >= 15 is 0 Å². The summed E-state index contributed by atoms with van der Waals surface area (Å²) in [6, 6.07) is 4.61. The molecule has 0 saturated heterocycles. The molecule has 118 valence electrons. The molecule has 0 atom stereocenters. The molecule has 0 aliphatic rings. The Kier molecular flexibility index (Phi) is 5.49. The molecular weight excluding hydrogens is 290 g/mol. The van der Waals surface area contributed by atoms with Crippen LogP contribution in [-0.2, 0) is 14.8 Å². The van der Waals surface area contributed by atoms with E-state index in [1.54, 1.807) is 19.1 Å². The topological polar surface area (TPSA) is 115 Å². The molecule has 1 aromatic rings. The van der Waals surface area contributed by atoms with Crippen molar-refractivity contribution in [3.05, 3.63) is 23.8 Å². The molecule has 0 heterocycles. The lowest BCUT2D eigenvalue weighted by molar-refractivity contribution is -0.125. The number of carbonyl (C=O) groups excluding carboxylic acids is 1. The van der Waals surface area contributed by atoms with Gasteiger partial charge in [0.05, 0.1) is 10.3 Å². The van der Waals surface area contributed by atoms with Crippen molar-refractivity contribution >= 4 is 21.6 Å². The van der Waals surface area contributed by atoms with E-state index in [-0.39, 0.29) is 17.3 Å². The van der Waals surface area contributed by atoms with Crippen LogP contribution >= 0.6 is 0 Å². The third kappa shape index (κ3) is 3.61. The van der Waals surface area contributed by atoms with Crippen molar-refractivity contribution in [2.45, 2.75) is 38.5 Å². The molecule has 1 amide bonds. The molecule has 5 N–H and O–H groups in total. The number of nitrogens with one attached hydrogen (secondary N) is 1. The van der Waals surface area contributed by atoms with Crippen molar-refractivity contribution in [1.82, 2.24) is 0 Å². The van der Waals surface area contributed by atoms with Gasteiger partial charge in [-0.1, -0.05) is 19.9 Å². The summed E-state index contributed by atoms with van der Waals surface area (Å²) >= 11 is 0. The minimum Gasteiger partial charge on any atom is -0.329 e. The fraction of sp³-hybridized carbons (Fsp3) is 0.500. The molecule has 21 heavy (non-hydrogen) atoms. The molecule has 7 heteroatoms. The summed E-state index contributed by atoms with van der Waals surface area (Å²) < 4.78 is 23.0. The second kappa shape index (κ2) is 6.55. The number of anilines is 1. The Morgan fingerprint density at radius 3 is 2.29 bits per heavy atom. The first-order valence-corrected chi connectivity index (χ1v) is 8.40. The largest absolute Gasteiger partial charge is 0.329 e. The molecule has 0 unspecified atom stereocenters. The Labute approximate surface area is 126 Å². The zero-order valence-electron chi connectivity index (χ0n) is 12.6. The van der Waals surface area contributed by atoms with Gasteiger partial charge in [0.1, 0.15) is 0 Å². The van der Waals surface area contributed by atoms with Crippen LogP contribution < -0.4 is 16.2 Å². The molecule has 0 aliphatic carbocycles. The predicted molar refractivity (Wildman–Crippen MR) is 83.3 cm³/mol. The Balaban J connectivity index is 3.18. The number of benzene rings is 1. The fourth-order valence-corrected chi connectivity index (χ4v) is 3.07. The van der Waals surface area contributed by atoms with Crippen LogP contribution in [-0.4, -0.2) is 20.9 Å². The Bertz CT molecular complexity index is 614. The minimum absolute atomic E-state index is 0.00615. The van der Waals surface area contributed by atoms with E-state index in [9.17, 15) is 13.2 Å². The highest BCUT2D eigenvalue weighted by Gasteiger charge is 2.33. The Hall–Kier alpha value is -1.44. The predicted octanol–water partition coefficient (Wildman–Crippen LogP) is 1.35. The highest BCUT2D eigenvalue weighted by molar-refractivity contribution is 7.89. The normalized spacial score (nSPS) is 12.2. The van der Waals surface area contributed by atoms with Crippen molar-refractivity contribution in [3.8, 4) is 0 Å². The van der Waals surface area contributed by atoms with Gasteiger partial charge in [-0.15, -0.1) is 0 Å². The summed E-state index contributed by atoms with van der Waals surface area (Å²) in [5.41, 5.74) is 5.95. The van der Waals surface area contributed by atoms with E-state index in [1.165, 1.54) is 6.07 Å². The first kappa shape index (κ1) is 17.6. The third-order valence-electron chi connectivity index (χ3n) is 4.06. The van der Waals surface area contributed by atoms with E-state index in [1.807, 2.05) is 13.8 Å². The third-order valence-corrected chi connectivity index (χ3v) is 5.12. The van der Waals surface area contributed by atoms with Gasteiger partial charge in [0, 0.05) is 12.2 Å². The van der Waals surface area contributed by atoms with Crippen molar-refractivity contribution < 1.29 is 13.2 Å². The number of rotatable bonds is 6. The van der Waals surface area contributed by atoms with Crippen LogP contribution in [0.1, 0.15) is 32.3 Å². The summed E-state index contributed by atoms with van der Waals surface area (Å²) in [5, 5.41) is 7.94. The van der Waals surface area contributed by atoms with Gasteiger partial charge in [-0.05, 0) is 37.5 Å². The summed E-state index contributed by atoms with van der Waals surface area (Å²) in [6.45, 7) is 5.66. The van der Waals surface area contributed by atoms with Gasteiger partial charge in [0.25, 0.3) is 0 Å². The molecule has 0 saturated carbocycles. The Morgan fingerprint density at radius 1 is 1.29 bits per heavy atom. The highest BCUT2D eigenvalue weighted by Crippen LogP contribution is 2.29. The summed E-state index contributed by atoms with van der Waals surface area (Å²) in [7, 11) is -3.82. The number of amides is 1. The molecule has 0 fully saturated rings. The van der Waals surface area contributed by atoms with Crippen LogP contribution in [0.4, 0.5) is 5.69 Å². The SMILES string of the molecule is CCC(CC)(CN)C(=O)Nc1cccc(S(N)(=O)=O)c1C. The molecule has 0 spiro atoms. The molecule has 1 rings (SSSR count). The van der Waals surface area contributed by atoms with Crippen LogP contribution in [0, 0.1) is 12.3 Å². The lowest BCUT2D eigenvalue weighted by Crippen LogP contribution is -2.41. The van der Waals surface area contributed by atoms with E-state index in [4.69, 9.17) is 10.9 Å². The van der Waals surface area contributed by atoms with Crippen LogP contribution in [0.2, 0.25) is 0 Å². The van der Waals surface area contributed by atoms with Crippen molar-refractivity contribution in [2.24, 2.45) is 16.3 Å². The van der Waals surface area contributed by atoms with E-state index in [0.717, 1.165) is 0 Å². The maximum absolute atomic E-state index is 12.5. The molecule has 0 radical (unpaired) electrons. The van der Waals surface area contributed by atoms with Crippen LogP contribution in [0.3, 0.4) is 0 Å². The molecule has 6 nitrogen and oxygen atoms in total. The zero-order chi connectivity index (χ0) is 16.3. The van der Waals surface area contributed by atoms with Crippen molar-refractivity contribution in [1.29, 1.82) is 0 Å². The monoisotopic (exact) mass is 313 g/mol. The minimum atomic E-state index is -3.82. The first-order chi connectivity index (χ1) is 9.71. The number of nitrogens with two attached hydrogens (primary N) is 2.